The van der Waals surface area contributed by atoms with E-state index in [1.165, 1.54) is 0 Å². The molecule has 0 aliphatic heterocycles. The van der Waals surface area contributed by atoms with Crippen LogP contribution in [0.2, 0.25) is 0 Å². The molecule has 3 aromatic rings. The number of fused-ring (bicyclic) bond motifs is 1. The summed E-state index contributed by atoms with van der Waals surface area (Å²) in [6, 6.07) is 14.2. The monoisotopic (exact) mass is 309 g/mol. The number of hydrogen-bond acceptors (Lipinski definition) is 3. The van der Waals surface area contributed by atoms with Gasteiger partial charge in [-0.3, -0.25) is 9.59 Å². The van der Waals surface area contributed by atoms with Gasteiger partial charge in [-0.25, -0.2) is 0 Å². The molecule has 2 aromatic carbocycles. The van der Waals surface area contributed by atoms with Crippen LogP contribution in [0.15, 0.2) is 52.9 Å². The van der Waals surface area contributed by atoms with E-state index in [1.807, 2.05) is 31.2 Å². The van der Waals surface area contributed by atoms with Crippen molar-refractivity contribution in [1.82, 2.24) is 0 Å². The van der Waals surface area contributed by atoms with Gasteiger partial charge in [0, 0.05) is 16.6 Å². The average molecular weight is 309 g/mol. The molecule has 0 aliphatic rings. The fourth-order valence-corrected chi connectivity index (χ4v) is 2.46. The van der Waals surface area contributed by atoms with Gasteiger partial charge in [0.1, 0.15) is 5.58 Å². The van der Waals surface area contributed by atoms with Crippen LogP contribution in [0.25, 0.3) is 11.0 Å². The highest BCUT2D eigenvalue weighted by atomic mass is 16.4. The Hall–Kier alpha value is -3.08. The SMILES string of the molecule is Cc1c(C(=O)Nc2ccc(CC(=O)O)cc2)oc2ccccc12. The highest BCUT2D eigenvalue weighted by Gasteiger charge is 2.17. The van der Waals surface area contributed by atoms with E-state index in [9.17, 15) is 9.59 Å². The van der Waals surface area contributed by atoms with Crippen LogP contribution in [0.5, 0.6) is 0 Å². The van der Waals surface area contributed by atoms with Gasteiger partial charge in [-0.15, -0.1) is 0 Å². The van der Waals surface area contributed by atoms with E-state index in [4.69, 9.17) is 9.52 Å². The molecule has 0 spiro atoms. The number of aliphatic carboxylic acids is 1. The summed E-state index contributed by atoms with van der Waals surface area (Å²) >= 11 is 0. The van der Waals surface area contributed by atoms with Crippen LogP contribution in [0.1, 0.15) is 21.7 Å². The molecule has 116 valence electrons. The van der Waals surface area contributed by atoms with Gasteiger partial charge in [-0.2, -0.15) is 0 Å². The van der Waals surface area contributed by atoms with Gasteiger partial charge in [0.2, 0.25) is 0 Å². The van der Waals surface area contributed by atoms with Gasteiger partial charge < -0.3 is 14.8 Å². The molecule has 0 bridgehead atoms. The van der Waals surface area contributed by atoms with E-state index in [0.29, 0.717) is 16.8 Å². The quantitative estimate of drug-likeness (QED) is 0.771. The summed E-state index contributed by atoms with van der Waals surface area (Å²) < 4.78 is 5.62. The number of amides is 1. The largest absolute Gasteiger partial charge is 0.481 e. The molecule has 0 radical (unpaired) electrons. The molecule has 0 unspecified atom stereocenters. The van der Waals surface area contributed by atoms with E-state index in [2.05, 4.69) is 5.32 Å². The van der Waals surface area contributed by atoms with Gasteiger partial charge in [0.15, 0.2) is 5.76 Å². The van der Waals surface area contributed by atoms with Crippen molar-refractivity contribution in [3.05, 3.63) is 65.4 Å². The Bertz CT molecular complexity index is 878. The third-order valence-electron chi connectivity index (χ3n) is 3.62. The lowest BCUT2D eigenvalue weighted by Crippen LogP contribution is -2.12. The Morgan fingerprint density at radius 3 is 2.43 bits per heavy atom. The zero-order chi connectivity index (χ0) is 16.4. The van der Waals surface area contributed by atoms with E-state index in [0.717, 1.165) is 10.9 Å². The van der Waals surface area contributed by atoms with Gasteiger partial charge in [0.25, 0.3) is 5.91 Å². The number of para-hydroxylation sites is 1. The van der Waals surface area contributed by atoms with Crippen molar-refractivity contribution >= 4 is 28.5 Å². The number of rotatable bonds is 4. The van der Waals surface area contributed by atoms with Crippen molar-refractivity contribution in [2.45, 2.75) is 13.3 Å². The molecule has 0 fully saturated rings. The molecule has 2 N–H and O–H groups in total. The fraction of sp³-hybridized carbons (Fsp3) is 0.111. The van der Waals surface area contributed by atoms with Crippen LogP contribution < -0.4 is 5.32 Å². The van der Waals surface area contributed by atoms with Crippen LogP contribution in [-0.2, 0) is 11.2 Å². The summed E-state index contributed by atoms with van der Waals surface area (Å²) in [6.07, 6.45) is -0.0447. The Kier molecular flexibility index (Phi) is 3.85. The number of carboxylic acids is 1. The maximum absolute atomic E-state index is 12.4. The predicted molar refractivity (Wildman–Crippen MR) is 86.7 cm³/mol. The maximum atomic E-state index is 12.4. The lowest BCUT2D eigenvalue weighted by Gasteiger charge is -2.05. The molecule has 0 atom stereocenters. The lowest BCUT2D eigenvalue weighted by atomic mass is 10.1. The molecule has 5 heteroatoms. The third-order valence-corrected chi connectivity index (χ3v) is 3.62. The Labute approximate surface area is 132 Å². The number of benzene rings is 2. The van der Waals surface area contributed by atoms with Gasteiger partial charge in [0.05, 0.1) is 6.42 Å². The minimum absolute atomic E-state index is 0.0447. The number of hydrogen-bond donors (Lipinski definition) is 2. The van der Waals surface area contributed by atoms with Crippen LogP contribution >= 0.6 is 0 Å². The number of carbonyl (C=O) groups is 2. The Balaban J connectivity index is 1.80. The van der Waals surface area contributed by atoms with Gasteiger partial charge in [-0.05, 0) is 30.7 Å². The molecule has 0 saturated carbocycles. The van der Waals surface area contributed by atoms with Crippen molar-refractivity contribution in [1.29, 1.82) is 0 Å². The van der Waals surface area contributed by atoms with E-state index in [1.54, 1.807) is 24.3 Å². The van der Waals surface area contributed by atoms with E-state index >= 15 is 0 Å². The third kappa shape index (κ3) is 3.08. The molecule has 1 aromatic heterocycles. The second kappa shape index (κ2) is 5.96. The maximum Gasteiger partial charge on any atom is 0.307 e. The second-order valence-corrected chi connectivity index (χ2v) is 5.27. The molecule has 23 heavy (non-hydrogen) atoms. The molecule has 0 aliphatic carbocycles. The minimum Gasteiger partial charge on any atom is -0.481 e. The van der Waals surface area contributed by atoms with E-state index < -0.39 is 5.97 Å². The lowest BCUT2D eigenvalue weighted by molar-refractivity contribution is -0.136. The van der Waals surface area contributed by atoms with Crippen molar-refractivity contribution in [2.24, 2.45) is 0 Å². The van der Waals surface area contributed by atoms with Crippen LogP contribution in [-0.4, -0.2) is 17.0 Å². The molecular formula is C18H15NO4. The standard InChI is InChI=1S/C18H15NO4/c1-11-14-4-2-3-5-15(14)23-17(11)18(22)19-13-8-6-12(7-9-13)10-16(20)21/h2-9H,10H2,1H3,(H,19,22)(H,20,21). The van der Waals surface area contributed by atoms with E-state index in [-0.39, 0.29) is 18.1 Å². The summed E-state index contributed by atoms with van der Waals surface area (Å²) in [6.45, 7) is 1.84. The highest BCUT2D eigenvalue weighted by Crippen LogP contribution is 2.25. The zero-order valence-electron chi connectivity index (χ0n) is 12.5. The summed E-state index contributed by atoms with van der Waals surface area (Å²) in [5, 5.41) is 12.4. The zero-order valence-corrected chi connectivity index (χ0v) is 12.5. The first kappa shape index (κ1) is 14.8. The highest BCUT2D eigenvalue weighted by molar-refractivity contribution is 6.06. The molecule has 5 nitrogen and oxygen atoms in total. The summed E-state index contributed by atoms with van der Waals surface area (Å²) in [7, 11) is 0. The van der Waals surface area contributed by atoms with Crippen LogP contribution in [0.4, 0.5) is 5.69 Å². The van der Waals surface area contributed by atoms with Gasteiger partial charge in [-0.1, -0.05) is 30.3 Å². The molecule has 1 heterocycles. The number of furan rings is 1. The topological polar surface area (TPSA) is 79.5 Å². The first-order chi connectivity index (χ1) is 11.0. The number of anilines is 1. The Morgan fingerprint density at radius 1 is 1.09 bits per heavy atom. The first-order valence-corrected chi connectivity index (χ1v) is 7.15. The van der Waals surface area contributed by atoms with Crippen LogP contribution in [0, 0.1) is 6.92 Å². The number of aryl methyl sites for hydroxylation is 1. The summed E-state index contributed by atoms with van der Waals surface area (Å²) in [5.74, 6) is -0.940. The Morgan fingerprint density at radius 2 is 1.78 bits per heavy atom. The second-order valence-electron chi connectivity index (χ2n) is 5.27. The number of carbonyl (C=O) groups excluding carboxylic acids is 1. The smallest absolute Gasteiger partial charge is 0.307 e. The number of carboxylic acid groups (broad SMARTS) is 1. The number of nitrogens with one attached hydrogen (secondary N) is 1. The predicted octanol–water partition coefficient (Wildman–Crippen LogP) is 3.62. The molecule has 3 rings (SSSR count). The van der Waals surface area contributed by atoms with Crippen LogP contribution in [0.3, 0.4) is 0 Å². The summed E-state index contributed by atoms with van der Waals surface area (Å²) in [4.78, 5) is 23.0. The fourth-order valence-electron chi connectivity index (χ4n) is 2.46. The molecule has 0 saturated heterocycles. The van der Waals surface area contributed by atoms with Crippen molar-refractivity contribution in [3.63, 3.8) is 0 Å². The normalized spacial score (nSPS) is 10.7. The first-order valence-electron chi connectivity index (χ1n) is 7.15. The molecular weight excluding hydrogens is 294 g/mol. The molecule has 1 amide bonds. The van der Waals surface area contributed by atoms with Gasteiger partial charge >= 0.3 is 5.97 Å². The summed E-state index contributed by atoms with van der Waals surface area (Å²) in [5.41, 5.74) is 2.73. The minimum atomic E-state index is -0.889. The van der Waals surface area contributed by atoms with Crippen molar-refractivity contribution < 1.29 is 19.1 Å². The van der Waals surface area contributed by atoms with Crippen molar-refractivity contribution in [3.8, 4) is 0 Å². The average Bonchev–Trinajstić information content (AvgIpc) is 2.86. The van der Waals surface area contributed by atoms with Crippen molar-refractivity contribution in [2.75, 3.05) is 5.32 Å².